The van der Waals surface area contributed by atoms with Gasteiger partial charge in [-0.3, -0.25) is 15.0 Å². The number of carbonyl (C=O) groups excluding carboxylic acids is 2. The maximum atomic E-state index is 11.4. The van der Waals surface area contributed by atoms with Gasteiger partial charge in [0.2, 0.25) is 0 Å². The maximum Gasteiger partial charge on any atom is 0.323 e. The van der Waals surface area contributed by atoms with Crippen LogP contribution in [0.3, 0.4) is 0 Å². The summed E-state index contributed by atoms with van der Waals surface area (Å²) in [6.07, 6.45) is -2.68. The van der Waals surface area contributed by atoms with Crippen LogP contribution < -0.4 is 16.6 Å². The molecular formula is C4H7F2N3O2. The molecule has 0 rings (SSSR count). The molecule has 5 nitrogen and oxygen atoms in total. The molecule has 0 aromatic heterocycles. The van der Waals surface area contributed by atoms with Crippen LogP contribution in [-0.2, 0) is 9.59 Å². The number of carbonyl (C=O) groups is 2. The van der Waals surface area contributed by atoms with Gasteiger partial charge in [-0.1, -0.05) is 0 Å². The van der Waals surface area contributed by atoms with Crippen molar-refractivity contribution in [1.29, 1.82) is 0 Å². The van der Waals surface area contributed by atoms with E-state index in [0.29, 0.717) is 0 Å². The highest BCUT2D eigenvalue weighted by Crippen LogP contribution is 1.86. The minimum Gasteiger partial charge on any atom is -0.342 e. The van der Waals surface area contributed by atoms with Gasteiger partial charge in [-0.25, -0.2) is 14.6 Å². The van der Waals surface area contributed by atoms with Gasteiger partial charge >= 0.3 is 11.8 Å². The van der Waals surface area contributed by atoms with Crippen molar-refractivity contribution in [2.24, 2.45) is 5.84 Å². The third kappa shape index (κ3) is 4.20. The molecule has 0 radical (unpaired) electrons. The van der Waals surface area contributed by atoms with Crippen molar-refractivity contribution in [3.63, 3.8) is 0 Å². The summed E-state index contributed by atoms with van der Waals surface area (Å²) in [7, 11) is 0. The molecule has 7 heteroatoms. The van der Waals surface area contributed by atoms with Crippen molar-refractivity contribution in [1.82, 2.24) is 10.7 Å². The van der Waals surface area contributed by atoms with Crippen molar-refractivity contribution < 1.29 is 18.4 Å². The van der Waals surface area contributed by atoms with Gasteiger partial charge in [0.1, 0.15) is 0 Å². The maximum absolute atomic E-state index is 11.4. The summed E-state index contributed by atoms with van der Waals surface area (Å²) in [5, 5.41) is 1.65. The number of nitrogens with one attached hydrogen (secondary N) is 2. The summed E-state index contributed by atoms with van der Waals surface area (Å²) in [5.41, 5.74) is 1.49. The minimum absolute atomic E-state index is 0.855. The molecule has 0 aliphatic rings. The molecule has 0 aliphatic heterocycles. The highest BCUT2D eigenvalue weighted by atomic mass is 19.3. The summed E-state index contributed by atoms with van der Waals surface area (Å²) in [5.74, 6) is 2.21. The van der Waals surface area contributed by atoms with Crippen LogP contribution in [0.2, 0.25) is 0 Å². The van der Waals surface area contributed by atoms with Gasteiger partial charge in [0.15, 0.2) is 0 Å². The third-order valence-corrected chi connectivity index (χ3v) is 0.754. The molecule has 64 valence electrons. The van der Waals surface area contributed by atoms with Gasteiger partial charge in [-0.05, 0) is 0 Å². The number of hydrogen-bond acceptors (Lipinski definition) is 3. The number of amides is 2. The minimum atomic E-state index is -2.68. The molecule has 0 aromatic rings. The second-order valence-electron chi connectivity index (χ2n) is 1.57. The van der Waals surface area contributed by atoms with Crippen LogP contribution in [0.25, 0.3) is 0 Å². The molecule has 0 heterocycles. The lowest BCUT2D eigenvalue weighted by atomic mass is 10.5. The van der Waals surface area contributed by atoms with Crippen LogP contribution >= 0.6 is 0 Å². The summed E-state index contributed by atoms with van der Waals surface area (Å²) in [4.78, 5) is 20.6. The molecule has 0 saturated carbocycles. The Bertz CT molecular complexity index is 161. The molecule has 11 heavy (non-hydrogen) atoms. The van der Waals surface area contributed by atoms with Gasteiger partial charge in [0.25, 0.3) is 6.43 Å². The Morgan fingerprint density at radius 2 is 1.91 bits per heavy atom. The van der Waals surface area contributed by atoms with Crippen molar-refractivity contribution in [2.45, 2.75) is 6.43 Å². The van der Waals surface area contributed by atoms with Crippen molar-refractivity contribution in [3.05, 3.63) is 0 Å². The van der Waals surface area contributed by atoms with Crippen molar-refractivity contribution in [3.8, 4) is 0 Å². The van der Waals surface area contributed by atoms with Gasteiger partial charge in [0.05, 0.1) is 6.54 Å². The molecule has 2 amide bonds. The first-order valence-electron chi connectivity index (χ1n) is 2.65. The van der Waals surface area contributed by atoms with E-state index in [1.54, 1.807) is 5.32 Å². The highest BCUT2D eigenvalue weighted by Gasteiger charge is 2.12. The zero-order valence-electron chi connectivity index (χ0n) is 5.43. The summed E-state index contributed by atoms with van der Waals surface area (Å²) < 4.78 is 22.8. The average molecular weight is 167 g/mol. The van der Waals surface area contributed by atoms with E-state index in [1.807, 2.05) is 0 Å². The second kappa shape index (κ2) is 4.56. The molecule has 0 saturated heterocycles. The lowest BCUT2D eigenvalue weighted by molar-refractivity contribution is -0.139. The van der Waals surface area contributed by atoms with Crippen molar-refractivity contribution in [2.75, 3.05) is 6.54 Å². The fraction of sp³-hybridized carbons (Fsp3) is 0.500. The second-order valence-corrected chi connectivity index (χ2v) is 1.57. The van der Waals surface area contributed by atoms with Crippen molar-refractivity contribution >= 4 is 11.8 Å². The molecule has 4 N–H and O–H groups in total. The Labute approximate surface area is 60.9 Å². The van der Waals surface area contributed by atoms with E-state index in [1.165, 1.54) is 5.43 Å². The van der Waals surface area contributed by atoms with E-state index < -0.39 is 24.8 Å². The first-order valence-corrected chi connectivity index (χ1v) is 2.65. The quantitative estimate of drug-likeness (QED) is 0.199. The Kier molecular flexibility index (Phi) is 4.04. The van der Waals surface area contributed by atoms with Gasteiger partial charge < -0.3 is 5.32 Å². The molecule has 0 spiro atoms. The summed E-state index contributed by atoms with van der Waals surface area (Å²) in [6.45, 7) is -0.855. The molecular weight excluding hydrogens is 160 g/mol. The number of hydrogen-bond donors (Lipinski definition) is 3. The van der Waals surface area contributed by atoms with Crippen LogP contribution in [0.5, 0.6) is 0 Å². The predicted octanol–water partition coefficient (Wildman–Crippen LogP) is -1.64. The SMILES string of the molecule is NNC(=O)C(=O)NCC(F)F. The molecule has 0 fully saturated rings. The van der Waals surface area contributed by atoms with E-state index in [4.69, 9.17) is 0 Å². The standard InChI is InChI=1S/C4H7F2N3O2/c5-2(6)1-8-3(10)4(11)9-7/h2H,1,7H2,(H,8,10)(H,9,11). The molecule has 0 bridgehead atoms. The monoisotopic (exact) mass is 167 g/mol. The van der Waals surface area contributed by atoms with E-state index >= 15 is 0 Å². The Morgan fingerprint density at radius 3 is 2.27 bits per heavy atom. The average Bonchev–Trinajstić information content (AvgIpc) is 1.98. The zero-order chi connectivity index (χ0) is 8.85. The topological polar surface area (TPSA) is 84.2 Å². The zero-order valence-corrected chi connectivity index (χ0v) is 5.43. The van der Waals surface area contributed by atoms with Crippen LogP contribution in [0.15, 0.2) is 0 Å². The molecule has 0 unspecified atom stereocenters. The smallest absolute Gasteiger partial charge is 0.323 e. The Hall–Kier alpha value is -1.24. The first-order chi connectivity index (χ1) is 5.07. The normalized spacial score (nSPS) is 9.45. The van der Waals surface area contributed by atoms with E-state index in [-0.39, 0.29) is 0 Å². The van der Waals surface area contributed by atoms with Gasteiger partial charge in [0, 0.05) is 0 Å². The number of halogens is 2. The third-order valence-electron chi connectivity index (χ3n) is 0.754. The summed E-state index contributed by atoms with van der Waals surface area (Å²) >= 11 is 0. The number of hydrazine groups is 1. The van der Waals surface area contributed by atoms with E-state index in [2.05, 4.69) is 5.84 Å². The van der Waals surface area contributed by atoms with Gasteiger partial charge in [-0.15, -0.1) is 0 Å². The number of rotatable bonds is 2. The lowest BCUT2D eigenvalue weighted by Crippen LogP contribution is -2.44. The lowest BCUT2D eigenvalue weighted by Gasteiger charge is -2.01. The molecule has 0 aromatic carbocycles. The van der Waals surface area contributed by atoms with E-state index in [0.717, 1.165) is 0 Å². The van der Waals surface area contributed by atoms with Crippen LogP contribution in [0.4, 0.5) is 8.78 Å². The van der Waals surface area contributed by atoms with E-state index in [9.17, 15) is 18.4 Å². The number of alkyl halides is 2. The first kappa shape index (κ1) is 9.76. The predicted molar refractivity (Wildman–Crippen MR) is 31.3 cm³/mol. The highest BCUT2D eigenvalue weighted by molar-refractivity contribution is 6.34. The summed E-state index contributed by atoms with van der Waals surface area (Å²) in [6, 6.07) is 0. The van der Waals surface area contributed by atoms with Crippen LogP contribution in [0, 0.1) is 0 Å². The van der Waals surface area contributed by atoms with Crippen LogP contribution in [0.1, 0.15) is 0 Å². The fourth-order valence-corrected chi connectivity index (χ4v) is 0.316. The molecule has 0 atom stereocenters. The number of nitrogens with two attached hydrogens (primary N) is 1. The Morgan fingerprint density at radius 1 is 1.36 bits per heavy atom. The largest absolute Gasteiger partial charge is 0.342 e. The van der Waals surface area contributed by atoms with Gasteiger partial charge in [-0.2, -0.15) is 0 Å². The fourth-order valence-electron chi connectivity index (χ4n) is 0.316. The Balaban J connectivity index is 3.61. The van der Waals surface area contributed by atoms with Crippen LogP contribution in [-0.4, -0.2) is 24.8 Å². The molecule has 0 aliphatic carbocycles.